The quantitative estimate of drug-likeness (QED) is 0.820. The normalized spacial score (nSPS) is 14.8. The van der Waals surface area contributed by atoms with E-state index >= 15 is 0 Å². The lowest BCUT2D eigenvalue weighted by Gasteiger charge is -2.23. The minimum absolute atomic E-state index is 0.0742. The Morgan fingerprint density at radius 2 is 2.10 bits per heavy atom. The van der Waals surface area contributed by atoms with Crippen LogP contribution in [0.15, 0.2) is 27.8 Å². The van der Waals surface area contributed by atoms with Crippen LogP contribution in [0.4, 0.5) is 11.4 Å². The van der Waals surface area contributed by atoms with Crippen LogP contribution in [0.5, 0.6) is 5.75 Å². The molecule has 1 aliphatic heterocycles. The zero-order chi connectivity index (χ0) is 14.3. The van der Waals surface area contributed by atoms with Crippen LogP contribution < -0.4 is 26.2 Å². The Balaban J connectivity index is 1.97. The van der Waals surface area contributed by atoms with Gasteiger partial charge in [0.15, 0.2) is 0 Å². The van der Waals surface area contributed by atoms with E-state index in [0.29, 0.717) is 25.4 Å². The summed E-state index contributed by atoms with van der Waals surface area (Å²) in [6.45, 7) is 3.64. The lowest BCUT2D eigenvalue weighted by atomic mass is 10.1. The monoisotopic (exact) mass is 272 g/mol. The first-order valence-electron chi connectivity index (χ1n) is 6.70. The number of nitrogens with two attached hydrogens (primary N) is 1. The van der Waals surface area contributed by atoms with Crippen LogP contribution >= 0.6 is 0 Å². The summed E-state index contributed by atoms with van der Waals surface area (Å²) in [6, 6.07) is 6.08. The minimum Gasteiger partial charge on any atom is -0.491 e. The highest BCUT2D eigenvalue weighted by atomic mass is 16.5. The van der Waals surface area contributed by atoms with E-state index in [1.807, 2.05) is 17.0 Å². The van der Waals surface area contributed by atoms with E-state index in [4.69, 9.17) is 10.5 Å². The van der Waals surface area contributed by atoms with E-state index in [-0.39, 0.29) is 5.69 Å². The predicted octanol–water partition coefficient (Wildman–Crippen LogP) is 0.826. The maximum absolute atomic E-state index is 11.6. The summed E-state index contributed by atoms with van der Waals surface area (Å²) in [5.41, 5.74) is 7.23. The van der Waals surface area contributed by atoms with Gasteiger partial charge in [-0.3, -0.25) is 9.59 Å². The number of benzene rings is 1. The Hall–Kier alpha value is -2.30. The maximum Gasteiger partial charge on any atom is 0.253 e. The third-order valence-corrected chi connectivity index (χ3v) is 3.75. The second-order valence-corrected chi connectivity index (χ2v) is 4.99. The van der Waals surface area contributed by atoms with Crippen molar-refractivity contribution in [2.24, 2.45) is 0 Å². The van der Waals surface area contributed by atoms with Crippen molar-refractivity contribution in [3.8, 4) is 5.75 Å². The Morgan fingerprint density at radius 3 is 2.80 bits per heavy atom. The van der Waals surface area contributed by atoms with Crippen molar-refractivity contribution >= 4 is 11.4 Å². The van der Waals surface area contributed by atoms with Gasteiger partial charge in [-0.05, 0) is 18.1 Å². The van der Waals surface area contributed by atoms with Crippen molar-refractivity contribution < 1.29 is 4.74 Å². The number of nitrogen functional groups attached to an aromatic ring is 1. The van der Waals surface area contributed by atoms with Gasteiger partial charge in [-0.1, -0.05) is 19.1 Å². The van der Waals surface area contributed by atoms with Gasteiger partial charge in [-0.15, -0.1) is 0 Å². The SMILES string of the molecule is CCc1ccc2c(c1)CN(c1c(N)c(=O)c1=O)CCO2. The molecule has 0 unspecified atom stereocenters. The first kappa shape index (κ1) is 12.7. The van der Waals surface area contributed by atoms with Crippen LogP contribution in [0.3, 0.4) is 0 Å². The smallest absolute Gasteiger partial charge is 0.253 e. The fraction of sp³-hybridized carbons (Fsp3) is 0.333. The number of hydrogen-bond donors (Lipinski definition) is 1. The number of ether oxygens (including phenoxy) is 1. The van der Waals surface area contributed by atoms with Crippen LogP contribution in [0.2, 0.25) is 0 Å². The summed E-state index contributed by atoms with van der Waals surface area (Å²) >= 11 is 0. The summed E-state index contributed by atoms with van der Waals surface area (Å²) in [5.74, 6) is 0.835. The lowest BCUT2D eigenvalue weighted by Crippen LogP contribution is -2.43. The highest BCUT2D eigenvalue weighted by Crippen LogP contribution is 2.28. The Kier molecular flexibility index (Phi) is 2.97. The van der Waals surface area contributed by atoms with Crippen LogP contribution in [0.25, 0.3) is 0 Å². The average Bonchev–Trinajstić information content (AvgIpc) is 2.68. The summed E-state index contributed by atoms with van der Waals surface area (Å²) in [7, 11) is 0. The molecule has 0 saturated heterocycles. The van der Waals surface area contributed by atoms with E-state index in [2.05, 4.69) is 13.0 Å². The number of hydrogen-bond acceptors (Lipinski definition) is 5. The summed E-state index contributed by atoms with van der Waals surface area (Å²) in [6.07, 6.45) is 0.940. The third kappa shape index (κ3) is 1.86. The van der Waals surface area contributed by atoms with Gasteiger partial charge in [0.2, 0.25) is 0 Å². The molecular formula is C15H16N2O3. The fourth-order valence-electron chi connectivity index (χ4n) is 2.57. The van der Waals surface area contributed by atoms with E-state index in [1.54, 1.807) is 0 Å². The number of anilines is 2. The number of fused-ring (bicyclic) bond motifs is 1. The van der Waals surface area contributed by atoms with Crippen LogP contribution in [0.1, 0.15) is 18.1 Å². The summed E-state index contributed by atoms with van der Waals surface area (Å²) in [5, 5.41) is 0. The number of rotatable bonds is 2. The second-order valence-electron chi connectivity index (χ2n) is 4.99. The zero-order valence-electron chi connectivity index (χ0n) is 11.3. The second kappa shape index (κ2) is 4.67. The van der Waals surface area contributed by atoms with Crippen LogP contribution in [-0.2, 0) is 13.0 Å². The molecule has 5 heteroatoms. The molecule has 1 aliphatic rings. The first-order chi connectivity index (χ1) is 9.61. The summed E-state index contributed by atoms with van der Waals surface area (Å²) < 4.78 is 5.69. The molecule has 104 valence electrons. The van der Waals surface area contributed by atoms with Gasteiger partial charge in [0.25, 0.3) is 10.9 Å². The largest absolute Gasteiger partial charge is 0.491 e. The van der Waals surface area contributed by atoms with Crippen molar-refractivity contribution in [2.45, 2.75) is 19.9 Å². The molecule has 0 fully saturated rings. The Labute approximate surface area is 116 Å². The molecule has 20 heavy (non-hydrogen) atoms. The van der Waals surface area contributed by atoms with Crippen molar-refractivity contribution in [3.05, 3.63) is 49.8 Å². The molecule has 0 atom stereocenters. The third-order valence-electron chi connectivity index (χ3n) is 3.75. The van der Waals surface area contributed by atoms with Crippen molar-refractivity contribution in [1.82, 2.24) is 0 Å². The van der Waals surface area contributed by atoms with Crippen LogP contribution in [0, 0.1) is 0 Å². The first-order valence-corrected chi connectivity index (χ1v) is 6.70. The number of aryl methyl sites for hydroxylation is 1. The van der Waals surface area contributed by atoms with E-state index in [1.165, 1.54) is 5.56 Å². The van der Waals surface area contributed by atoms with Gasteiger partial charge in [0.1, 0.15) is 23.7 Å². The molecule has 1 heterocycles. The summed E-state index contributed by atoms with van der Waals surface area (Å²) in [4.78, 5) is 24.7. The van der Waals surface area contributed by atoms with E-state index < -0.39 is 10.9 Å². The van der Waals surface area contributed by atoms with Crippen molar-refractivity contribution in [3.63, 3.8) is 0 Å². The maximum atomic E-state index is 11.6. The molecule has 2 aromatic rings. The van der Waals surface area contributed by atoms with Crippen molar-refractivity contribution in [2.75, 3.05) is 23.8 Å². The molecule has 2 aromatic carbocycles. The van der Waals surface area contributed by atoms with Gasteiger partial charge in [0.05, 0.1) is 6.54 Å². The van der Waals surface area contributed by atoms with Gasteiger partial charge in [-0.2, -0.15) is 0 Å². The lowest BCUT2D eigenvalue weighted by molar-refractivity contribution is 0.331. The van der Waals surface area contributed by atoms with Gasteiger partial charge >= 0.3 is 0 Å². The minimum atomic E-state index is -0.576. The Bertz CT molecular complexity index is 729. The average molecular weight is 272 g/mol. The van der Waals surface area contributed by atoms with Gasteiger partial charge in [-0.25, -0.2) is 0 Å². The predicted molar refractivity (Wildman–Crippen MR) is 78.1 cm³/mol. The highest BCUT2D eigenvalue weighted by molar-refractivity contribution is 5.73. The molecular weight excluding hydrogens is 256 g/mol. The molecule has 5 nitrogen and oxygen atoms in total. The molecule has 0 saturated carbocycles. The fourth-order valence-corrected chi connectivity index (χ4v) is 2.57. The zero-order valence-corrected chi connectivity index (χ0v) is 11.3. The standard InChI is InChI=1S/C15H16N2O3/c1-2-9-3-4-11-10(7-9)8-17(5-6-20-11)13-12(16)14(18)15(13)19/h3-4,7H,2,5-6,8,16H2,1H3. The van der Waals surface area contributed by atoms with Crippen molar-refractivity contribution in [1.29, 1.82) is 0 Å². The topological polar surface area (TPSA) is 72.6 Å². The highest BCUT2D eigenvalue weighted by Gasteiger charge is 2.26. The molecule has 0 bridgehead atoms. The molecule has 0 spiro atoms. The number of nitrogens with zero attached hydrogens (tertiary/aromatic N) is 1. The molecule has 2 N–H and O–H groups in total. The van der Waals surface area contributed by atoms with Crippen LogP contribution in [-0.4, -0.2) is 13.2 Å². The molecule has 0 radical (unpaired) electrons. The Morgan fingerprint density at radius 1 is 1.30 bits per heavy atom. The molecule has 0 aromatic heterocycles. The molecule has 0 aliphatic carbocycles. The van der Waals surface area contributed by atoms with Gasteiger partial charge in [0, 0.05) is 12.1 Å². The van der Waals surface area contributed by atoms with Gasteiger partial charge < -0.3 is 15.4 Å². The van der Waals surface area contributed by atoms with E-state index in [0.717, 1.165) is 17.7 Å². The molecule has 3 rings (SSSR count). The molecule has 0 amide bonds. The van der Waals surface area contributed by atoms with E-state index in [9.17, 15) is 9.59 Å².